The minimum atomic E-state index is -4.79. The van der Waals surface area contributed by atoms with E-state index in [9.17, 15) is 22.8 Å². The van der Waals surface area contributed by atoms with Crippen molar-refractivity contribution in [3.8, 4) is 22.6 Å². The Morgan fingerprint density at radius 3 is 2.34 bits per heavy atom. The largest absolute Gasteiger partial charge is 0.573 e. The predicted molar refractivity (Wildman–Crippen MR) is 115 cm³/mol. The molecule has 2 heterocycles. The van der Waals surface area contributed by atoms with E-state index in [0.29, 0.717) is 34.5 Å². The number of pyridine rings is 1. The molecule has 0 fully saturated rings. The second-order valence-electron chi connectivity index (χ2n) is 6.91. The second-order valence-corrected chi connectivity index (χ2v) is 6.91. The first-order valence-corrected chi connectivity index (χ1v) is 9.39. The quantitative estimate of drug-likeness (QED) is 0.428. The molecule has 0 spiro atoms. The fourth-order valence-electron chi connectivity index (χ4n) is 3.47. The number of ether oxygens (including phenoxy) is 1. The third-order valence-electron chi connectivity index (χ3n) is 4.90. The summed E-state index contributed by atoms with van der Waals surface area (Å²) in [5, 5.41) is 0. The smallest absolute Gasteiger partial charge is 0.408 e. The molecule has 0 saturated heterocycles. The highest BCUT2D eigenvalue weighted by Crippen LogP contribution is 2.28. The van der Waals surface area contributed by atoms with Gasteiger partial charge in [0.15, 0.2) is 5.58 Å². The number of aryl methyl sites for hydroxylation is 2. The van der Waals surface area contributed by atoms with Gasteiger partial charge in [-0.3, -0.25) is 13.9 Å². The first-order valence-electron chi connectivity index (χ1n) is 9.39. The van der Waals surface area contributed by atoms with E-state index in [0.717, 1.165) is 17.7 Å². The SMILES string of the molecule is C.CCn1c(=O)oc2cc(-c3cn(-c4ccc(OC(F)(F)F)cc4)c(=O)cc3C)ccc21. The summed E-state index contributed by atoms with van der Waals surface area (Å²) in [5.41, 5.74) is 3.28. The zero-order valence-corrected chi connectivity index (χ0v) is 16.6. The van der Waals surface area contributed by atoms with E-state index < -0.39 is 12.1 Å². The molecule has 4 aromatic rings. The average Bonchev–Trinajstić information content (AvgIpc) is 3.01. The summed E-state index contributed by atoms with van der Waals surface area (Å²) in [5.74, 6) is -0.824. The van der Waals surface area contributed by atoms with Crippen LogP contribution in [0.2, 0.25) is 0 Å². The maximum atomic E-state index is 12.5. The van der Waals surface area contributed by atoms with Crippen molar-refractivity contribution < 1.29 is 22.3 Å². The topological polar surface area (TPSA) is 66.4 Å². The monoisotopic (exact) mass is 446 g/mol. The standard InChI is InChI=1S/C22H17F3N2O4.CH4/c1-3-26-18-9-4-14(11-19(18)30-21(26)29)17-12-27(20(28)10-13(17)2)15-5-7-16(8-6-15)31-22(23,24)25;/h4-12H,3H2,1-2H3;1H4. The summed E-state index contributed by atoms with van der Waals surface area (Å²) in [6, 6.07) is 11.8. The number of nitrogens with zero attached hydrogens (tertiary/aromatic N) is 2. The van der Waals surface area contributed by atoms with Crippen molar-refractivity contribution in [2.45, 2.75) is 34.2 Å². The Bertz CT molecular complexity index is 1380. The Hall–Kier alpha value is -3.75. The number of oxazole rings is 1. The minimum absolute atomic E-state index is 0. The zero-order chi connectivity index (χ0) is 22.3. The lowest BCUT2D eigenvalue weighted by atomic mass is 10.0. The lowest BCUT2D eigenvalue weighted by Gasteiger charge is -2.13. The molecule has 2 aromatic carbocycles. The Morgan fingerprint density at radius 2 is 1.72 bits per heavy atom. The van der Waals surface area contributed by atoms with Gasteiger partial charge in [0, 0.05) is 30.1 Å². The molecule has 0 radical (unpaired) electrons. The first-order chi connectivity index (χ1) is 14.7. The van der Waals surface area contributed by atoms with Gasteiger partial charge in [-0.1, -0.05) is 13.5 Å². The van der Waals surface area contributed by atoms with E-state index in [4.69, 9.17) is 4.42 Å². The molecule has 0 aliphatic heterocycles. The number of aromatic nitrogens is 2. The van der Waals surface area contributed by atoms with Gasteiger partial charge in [0.1, 0.15) is 5.75 Å². The van der Waals surface area contributed by atoms with Gasteiger partial charge in [-0.05, 0) is 61.4 Å². The number of hydrogen-bond acceptors (Lipinski definition) is 4. The van der Waals surface area contributed by atoms with Crippen molar-refractivity contribution in [1.82, 2.24) is 9.13 Å². The predicted octanol–water partition coefficient (Wildman–Crippen LogP) is 5.28. The number of alkyl halides is 3. The van der Waals surface area contributed by atoms with E-state index in [1.807, 2.05) is 13.0 Å². The van der Waals surface area contributed by atoms with Gasteiger partial charge in [-0.2, -0.15) is 0 Å². The normalized spacial score (nSPS) is 11.4. The van der Waals surface area contributed by atoms with Crippen LogP contribution in [-0.2, 0) is 6.54 Å². The van der Waals surface area contributed by atoms with Crippen LogP contribution in [0.5, 0.6) is 5.75 Å². The van der Waals surface area contributed by atoms with Crippen LogP contribution in [0.25, 0.3) is 27.9 Å². The fourth-order valence-corrected chi connectivity index (χ4v) is 3.47. The van der Waals surface area contributed by atoms with E-state index in [-0.39, 0.29) is 18.7 Å². The van der Waals surface area contributed by atoms with Gasteiger partial charge in [0.05, 0.1) is 5.52 Å². The molecule has 0 N–H and O–H groups in total. The third-order valence-corrected chi connectivity index (χ3v) is 4.90. The molecule has 9 heteroatoms. The molecular formula is C23H21F3N2O4. The molecule has 2 aromatic heterocycles. The van der Waals surface area contributed by atoms with E-state index in [1.165, 1.54) is 27.3 Å². The fraction of sp³-hybridized carbons (Fsp3) is 0.217. The summed E-state index contributed by atoms with van der Waals surface area (Å²) in [6.07, 6.45) is -3.19. The lowest BCUT2D eigenvalue weighted by Crippen LogP contribution is -2.19. The van der Waals surface area contributed by atoms with Crippen LogP contribution in [0.15, 0.2) is 68.7 Å². The minimum Gasteiger partial charge on any atom is -0.408 e. The van der Waals surface area contributed by atoms with Crippen LogP contribution in [0.1, 0.15) is 19.9 Å². The maximum Gasteiger partial charge on any atom is 0.573 e. The van der Waals surface area contributed by atoms with Gasteiger partial charge < -0.3 is 9.15 Å². The Morgan fingerprint density at radius 1 is 1.03 bits per heavy atom. The molecule has 168 valence electrons. The number of benzene rings is 2. The van der Waals surface area contributed by atoms with Gasteiger partial charge >= 0.3 is 12.1 Å². The van der Waals surface area contributed by atoms with E-state index in [1.54, 1.807) is 25.3 Å². The van der Waals surface area contributed by atoms with Gasteiger partial charge in [-0.15, -0.1) is 13.2 Å². The van der Waals surface area contributed by atoms with Crippen molar-refractivity contribution in [2.24, 2.45) is 0 Å². The molecule has 0 aliphatic rings. The van der Waals surface area contributed by atoms with Crippen molar-refractivity contribution in [1.29, 1.82) is 0 Å². The highest BCUT2D eigenvalue weighted by atomic mass is 19.4. The van der Waals surface area contributed by atoms with Crippen LogP contribution in [0.3, 0.4) is 0 Å². The third kappa shape index (κ3) is 4.32. The zero-order valence-electron chi connectivity index (χ0n) is 16.6. The van der Waals surface area contributed by atoms with Crippen LogP contribution in [0.4, 0.5) is 13.2 Å². The number of hydrogen-bond donors (Lipinski definition) is 0. The molecule has 0 bridgehead atoms. The Kier molecular flexibility index (Phi) is 6.03. The molecular weight excluding hydrogens is 425 g/mol. The van der Waals surface area contributed by atoms with Crippen LogP contribution in [0, 0.1) is 6.92 Å². The highest BCUT2D eigenvalue weighted by molar-refractivity contribution is 5.81. The lowest BCUT2D eigenvalue weighted by molar-refractivity contribution is -0.274. The molecule has 6 nitrogen and oxygen atoms in total. The van der Waals surface area contributed by atoms with Crippen LogP contribution < -0.4 is 16.1 Å². The summed E-state index contributed by atoms with van der Waals surface area (Å²) in [4.78, 5) is 24.5. The summed E-state index contributed by atoms with van der Waals surface area (Å²) >= 11 is 0. The van der Waals surface area contributed by atoms with E-state index >= 15 is 0 Å². The molecule has 4 rings (SSSR count). The molecule has 0 saturated carbocycles. The van der Waals surface area contributed by atoms with Crippen LogP contribution >= 0.6 is 0 Å². The summed E-state index contributed by atoms with van der Waals surface area (Å²) in [7, 11) is 0. The average molecular weight is 446 g/mol. The van der Waals surface area contributed by atoms with Crippen molar-refractivity contribution in [3.63, 3.8) is 0 Å². The number of rotatable bonds is 4. The Labute approximate surface area is 181 Å². The van der Waals surface area contributed by atoms with Gasteiger partial charge in [0.2, 0.25) is 0 Å². The molecule has 32 heavy (non-hydrogen) atoms. The van der Waals surface area contributed by atoms with Crippen LogP contribution in [-0.4, -0.2) is 15.5 Å². The molecule has 0 atom stereocenters. The van der Waals surface area contributed by atoms with Crippen molar-refractivity contribution >= 4 is 11.1 Å². The summed E-state index contributed by atoms with van der Waals surface area (Å²) in [6.45, 7) is 4.09. The van der Waals surface area contributed by atoms with Gasteiger partial charge in [0.25, 0.3) is 5.56 Å². The number of halogens is 3. The highest BCUT2D eigenvalue weighted by Gasteiger charge is 2.31. The second kappa shape index (κ2) is 8.41. The number of fused-ring (bicyclic) bond motifs is 1. The van der Waals surface area contributed by atoms with Crippen molar-refractivity contribution in [2.75, 3.05) is 0 Å². The molecule has 0 aliphatic carbocycles. The van der Waals surface area contributed by atoms with Gasteiger partial charge in [-0.25, -0.2) is 4.79 Å². The maximum absolute atomic E-state index is 12.5. The summed E-state index contributed by atoms with van der Waals surface area (Å²) < 4.78 is 49.1. The first kappa shape index (κ1) is 22.9. The molecule has 0 amide bonds. The van der Waals surface area contributed by atoms with E-state index in [2.05, 4.69) is 4.74 Å². The molecule has 0 unspecified atom stereocenters. The Balaban J connectivity index is 0.00000289. The van der Waals surface area contributed by atoms with Crippen molar-refractivity contribution in [3.05, 3.63) is 81.2 Å².